The molecule has 0 aromatic heterocycles. The number of hydrogen-bond donors (Lipinski definition) is 0. The molecule has 0 fully saturated rings. The number of hydrogen-bond acceptors (Lipinski definition) is 5. The summed E-state index contributed by atoms with van der Waals surface area (Å²) in [7, 11) is 0. The minimum Gasteiger partial charge on any atom is -0.300 e. The molecule has 0 bridgehead atoms. The van der Waals surface area contributed by atoms with E-state index >= 15 is 0 Å². The summed E-state index contributed by atoms with van der Waals surface area (Å²) in [4.78, 5) is 50.4. The lowest BCUT2D eigenvalue weighted by Crippen LogP contribution is -2.06. The molecule has 0 saturated carbocycles. The van der Waals surface area contributed by atoms with Gasteiger partial charge in [0.25, 0.3) is 0 Å². The van der Waals surface area contributed by atoms with Crippen LogP contribution in [0.5, 0.6) is 0 Å². The molecule has 146 valence electrons. The van der Waals surface area contributed by atoms with Crippen LogP contribution in [0.15, 0.2) is 12.2 Å². The van der Waals surface area contributed by atoms with Crippen molar-refractivity contribution in [1.82, 2.24) is 0 Å². The zero-order chi connectivity index (χ0) is 20.8. The Morgan fingerprint density at radius 3 is 1.20 bits per heavy atom. The Morgan fingerprint density at radius 2 is 1.20 bits per heavy atom. The zero-order valence-electron chi connectivity index (χ0n) is 17.2. The maximum Gasteiger partial charge on any atom is 0.197 e. The first-order valence-electron chi connectivity index (χ1n) is 8.71. The number of Topliss-reactive ketones (excluding diaryl/α,β-unsaturated/α-hetero) is 4. The highest BCUT2D eigenvalue weighted by Crippen LogP contribution is 1.84. The summed E-state index contributed by atoms with van der Waals surface area (Å²) in [6, 6.07) is 0. The molecule has 25 heavy (non-hydrogen) atoms. The van der Waals surface area contributed by atoms with E-state index in [4.69, 9.17) is 0 Å². The van der Waals surface area contributed by atoms with E-state index in [1.807, 2.05) is 27.7 Å². The molecule has 0 aliphatic rings. The zero-order valence-corrected chi connectivity index (χ0v) is 17.2. The number of ketones is 5. The second-order valence-electron chi connectivity index (χ2n) is 5.14. The molecule has 0 aliphatic carbocycles. The van der Waals surface area contributed by atoms with Gasteiger partial charge in [-0.2, -0.15) is 0 Å². The van der Waals surface area contributed by atoms with Crippen molar-refractivity contribution < 1.29 is 24.0 Å². The van der Waals surface area contributed by atoms with Crippen molar-refractivity contribution in [2.75, 3.05) is 0 Å². The van der Waals surface area contributed by atoms with Gasteiger partial charge in [0, 0.05) is 32.6 Å². The number of rotatable bonds is 7. The fraction of sp³-hybridized carbons (Fsp3) is 0.650. The smallest absolute Gasteiger partial charge is 0.197 e. The summed E-state index contributed by atoms with van der Waals surface area (Å²) < 4.78 is 0. The van der Waals surface area contributed by atoms with Crippen LogP contribution in [0.25, 0.3) is 0 Å². The van der Waals surface area contributed by atoms with Crippen LogP contribution in [0.4, 0.5) is 0 Å². The largest absolute Gasteiger partial charge is 0.300 e. The van der Waals surface area contributed by atoms with Crippen LogP contribution in [-0.4, -0.2) is 28.9 Å². The number of allylic oxidation sites excluding steroid dienone is 2. The molecule has 0 amide bonds. The minimum absolute atomic E-state index is 0.109. The van der Waals surface area contributed by atoms with Gasteiger partial charge >= 0.3 is 0 Å². The third kappa shape index (κ3) is 44.9. The molecular formula is C20H36O5. The normalized spacial score (nSPS) is 8.64. The van der Waals surface area contributed by atoms with E-state index in [9.17, 15) is 24.0 Å². The molecule has 0 heterocycles. The van der Waals surface area contributed by atoms with E-state index in [1.54, 1.807) is 19.9 Å². The van der Waals surface area contributed by atoms with Gasteiger partial charge in [0.05, 0.1) is 0 Å². The van der Waals surface area contributed by atoms with Gasteiger partial charge in [0.15, 0.2) is 17.3 Å². The number of carbonyl (C=O) groups excluding carboxylic acids is 5. The second-order valence-corrected chi connectivity index (χ2v) is 5.14. The first-order chi connectivity index (χ1) is 11.5. The Bertz CT molecular complexity index is 414. The predicted octanol–water partition coefficient (Wildman–Crippen LogP) is 4.46. The summed E-state index contributed by atoms with van der Waals surface area (Å²) in [5.74, 6) is 0.104. The third-order valence-corrected chi connectivity index (χ3v) is 2.51. The van der Waals surface area contributed by atoms with E-state index in [-0.39, 0.29) is 23.1 Å². The van der Waals surface area contributed by atoms with Crippen molar-refractivity contribution in [2.24, 2.45) is 0 Å². The van der Waals surface area contributed by atoms with E-state index in [1.165, 1.54) is 19.9 Å². The molecule has 0 spiro atoms. The van der Waals surface area contributed by atoms with Gasteiger partial charge in [-0.1, -0.05) is 33.8 Å². The van der Waals surface area contributed by atoms with Crippen molar-refractivity contribution in [3.05, 3.63) is 12.2 Å². The van der Waals surface area contributed by atoms with Crippen molar-refractivity contribution in [3.63, 3.8) is 0 Å². The standard InChI is InChI=1S/C5H8O2.C5H10O.C5H8O.C5H10O/c1-3-5(7)4(2)6;2*1-3-4-5(2)6;1-3-5(6)4-2/h3H2,1-2H3;3-4H2,1-2H3;3-4H,1-2H3;3-4H2,1-2H3. The summed E-state index contributed by atoms with van der Waals surface area (Å²) in [6.45, 7) is 13.7. The maximum atomic E-state index is 10.2. The Balaban J connectivity index is -0.000000118. The summed E-state index contributed by atoms with van der Waals surface area (Å²) in [5, 5.41) is 0. The Kier molecular flexibility index (Phi) is 30.1. The molecule has 0 N–H and O–H groups in total. The molecule has 0 atom stereocenters. The highest BCUT2D eigenvalue weighted by Gasteiger charge is 2.00. The van der Waals surface area contributed by atoms with E-state index in [2.05, 4.69) is 0 Å². The maximum absolute atomic E-state index is 10.2. The second kappa shape index (κ2) is 24.3. The van der Waals surface area contributed by atoms with E-state index < -0.39 is 0 Å². The molecule has 0 aromatic carbocycles. The molecular weight excluding hydrogens is 320 g/mol. The molecule has 5 heteroatoms. The van der Waals surface area contributed by atoms with Crippen LogP contribution in [-0.2, 0) is 24.0 Å². The van der Waals surface area contributed by atoms with Crippen molar-refractivity contribution >= 4 is 28.9 Å². The topological polar surface area (TPSA) is 85.3 Å². The Hall–Kier alpha value is -1.91. The first kappa shape index (κ1) is 30.9. The average Bonchev–Trinajstić information content (AvgIpc) is 2.54. The highest BCUT2D eigenvalue weighted by atomic mass is 16.2. The van der Waals surface area contributed by atoms with Crippen LogP contribution in [0, 0.1) is 0 Å². The molecule has 0 unspecified atom stereocenters. The predicted molar refractivity (Wildman–Crippen MR) is 103 cm³/mol. The molecule has 0 saturated heterocycles. The minimum atomic E-state index is -0.345. The van der Waals surface area contributed by atoms with E-state index in [0.29, 0.717) is 25.0 Å². The average molecular weight is 357 g/mol. The van der Waals surface area contributed by atoms with Gasteiger partial charge in [0.1, 0.15) is 11.6 Å². The van der Waals surface area contributed by atoms with Gasteiger partial charge in [-0.25, -0.2) is 0 Å². The van der Waals surface area contributed by atoms with Crippen LogP contribution in [0.2, 0.25) is 0 Å². The summed E-state index contributed by atoms with van der Waals surface area (Å²) in [5.41, 5.74) is 0. The lowest BCUT2D eigenvalue weighted by Gasteiger charge is -1.81. The molecule has 0 aromatic rings. The Morgan fingerprint density at radius 1 is 0.760 bits per heavy atom. The SMILES string of the molecule is CC=CC(C)=O.CCC(=O)C(C)=O.CCC(=O)CC.CCCC(C)=O. The van der Waals surface area contributed by atoms with Crippen LogP contribution >= 0.6 is 0 Å². The van der Waals surface area contributed by atoms with E-state index in [0.717, 1.165) is 12.8 Å². The van der Waals surface area contributed by atoms with Gasteiger partial charge in [-0.15, -0.1) is 0 Å². The van der Waals surface area contributed by atoms with Gasteiger partial charge in [-0.05, 0) is 33.3 Å². The first-order valence-corrected chi connectivity index (χ1v) is 8.71. The summed E-state index contributed by atoms with van der Waals surface area (Å²) >= 11 is 0. The molecule has 5 nitrogen and oxygen atoms in total. The Labute approximate surface area is 153 Å². The fourth-order valence-corrected chi connectivity index (χ4v) is 1.09. The third-order valence-electron chi connectivity index (χ3n) is 2.51. The van der Waals surface area contributed by atoms with Crippen LogP contribution in [0.1, 0.15) is 87.5 Å². The lowest BCUT2D eigenvalue weighted by atomic mass is 10.2. The molecule has 0 rings (SSSR count). The molecule has 0 radical (unpaired) electrons. The van der Waals surface area contributed by atoms with Gasteiger partial charge in [0.2, 0.25) is 0 Å². The quantitative estimate of drug-likeness (QED) is 0.496. The van der Waals surface area contributed by atoms with Gasteiger partial charge in [-0.3, -0.25) is 19.2 Å². The molecule has 0 aliphatic heterocycles. The summed E-state index contributed by atoms with van der Waals surface area (Å²) in [6.07, 6.45) is 6.68. The van der Waals surface area contributed by atoms with Gasteiger partial charge < -0.3 is 4.79 Å². The highest BCUT2D eigenvalue weighted by molar-refractivity contribution is 6.36. The monoisotopic (exact) mass is 356 g/mol. The van der Waals surface area contributed by atoms with Crippen molar-refractivity contribution in [2.45, 2.75) is 87.5 Å². The van der Waals surface area contributed by atoms with Crippen molar-refractivity contribution in [1.29, 1.82) is 0 Å². The fourth-order valence-electron chi connectivity index (χ4n) is 1.09. The number of carbonyl (C=O) groups is 5. The van der Waals surface area contributed by atoms with Crippen molar-refractivity contribution in [3.8, 4) is 0 Å². The van der Waals surface area contributed by atoms with Crippen LogP contribution in [0.3, 0.4) is 0 Å². The lowest BCUT2D eigenvalue weighted by molar-refractivity contribution is -0.135. The van der Waals surface area contributed by atoms with Crippen LogP contribution < -0.4 is 0 Å².